The lowest BCUT2D eigenvalue weighted by Crippen LogP contribution is -2.34. The molecule has 0 fully saturated rings. The van der Waals surface area contributed by atoms with Gasteiger partial charge in [0.15, 0.2) is 11.5 Å². The number of carbonyl (C=O) groups is 2. The first-order valence-corrected chi connectivity index (χ1v) is 9.13. The highest BCUT2D eigenvalue weighted by atomic mass is 16.5. The smallest absolute Gasteiger partial charge is 0.259 e. The second-order valence-corrected chi connectivity index (χ2v) is 6.10. The van der Waals surface area contributed by atoms with E-state index in [4.69, 9.17) is 14.2 Å². The fourth-order valence-electron chi connectivity index (χ4n) is 2.51. The summed E-state index contributed by atoms with van der Waals surface area (Å²) in [6.07, 6.45) is 2.95. The Kier molecular flexibility index (Phi) is 8.43. The van der Waals surface area contributed by atoms with Gasteiger partial charge in [-0.05, 0) is 37.3 Å². The van der Waals surface area contributed by atoms with Gasteiger partial charge in [0.1, 0.15) is 5.75 Å². The molecule has 158 valence electrons. The van der Waals surface area contributed by atoms with Gasteiger partial charge in [-0.1, -0.05) is 18.2 Å². The molecule has 0 unspecified atom stereocenters. The zero-order valence-electron chi connectivity index (χ0n) is 17.4. The molecule has 0 bridgehead atoms. The molecule has 0 spiro atoms. The molecule has 0 radical (unpaired) electrons. The number of rotatable bonds is 9. The minimum atomic E-state index is -0.450. The highest BCUT2D eigenvalue weighted by molar-refractivity contribution is 6.00. The first kappa shape index (κ1) is 22.5. The maximum atomic E-state index is 12.0. The second kappa shape index (κ2) is 11.3. The van der Waals surface area contributed by atoms with Gasteiger partial charge in [-0.25, -0.2) is 5.43 Å². The molecule has 2 rings (SSSR count). The van der Waals surface area contributed by atoms with E-state index in [1.807, 2.05) is 18.2 Å². The molecular formula is C22H25N3O5. The van der Waals surface area contributed by atoms with E-state index in [1.165, 1.54) is 6.08 Å². The average Bonchev–Trinajstić information content (AvgIpc) is 2.79. The Labute approximate surface area is 175 Å². The van der Waals surface area contributed by atoms with Gasteiger partial charge < -0.3 is 19.5 Å². The molecule has 2 amide bonds. The summed E-state index contributed by atoms with van der Waals surface area (Å²) < 4.78 is 15.7. The molecule has 2 N–H and O–H groups in total. The molecule has 0 atom stereocenters. The van der Waals surface area contributed by atoms with Crippen LogP contribution in [0.5, 0.6) is 17.2 Å². The summed E-state index contributed by atoms with van der Waals surface area (Å²) >= 11 is 0. The van der Waals surface area contributed by atoms with E-state index >= 15 is 0 Å². The van der Waals surface area contributed by atoms with E-state index in [2.05, 4.69) is 15.8 Å². The van der Waals surface area contributed by atoms with Gasteiger partial charge in [0.05, 0.1) is 33.6 Å². The molecule has 0 aliphatic rings. The Balaban J connectivity index is 1.88. The van der Waals surface area contributed by atoms with Crippen LogP contribution in [0.25, 0.3) is 6.08 Å². The molecule has 0 saturated carbocycles. The number of nitrogens with zero attached hydrogens (tertiary/aromatic N) is 1. The summed E-state index contributed by atoms with van der Waals surface area (Å²) in [7, 11) is 4.65. The number of benzene rings is 2. The Morgan fingerprint density at radius 3 is 2.37 bits per heavy atom. The largest absolute Gasteiger partial charge is 0.496 e. The van der Waals surface area contributed by atoms with E-state index in [-0.39, 0.29) is 6.54 Å². The maximum absolute atomic E-state index is 12.0. The van der Waals surface area contributed by atoms with Crippen LogP contribution in [0.15, 0.2) is 53.6 Å². The number of hydrazone groups is 1. The average molecular weight is 411 g/mol. The third kappa shape index (κ3) is 6.37. The Morgan fingerprint density at radius 1 is 0.967 bits per heavy atom. The van der Waals surface area contributed by atoms with Gasteiger partial charge in [-0.2, -0.15) is 5.10 Å². The molecule has 0 heterocycles. The number of carbonyl (C=O) groups excluding carboxylic acids is 2. The van der Waals surface area contributed by atoms with Crippen LogP contribution in [-0.2, 0) is 9.59 Å². The summed E-state index contributed by atoms with van der Waals surface area (Å²) in [5.74, 6) is 0.955. The van der Waals surface area contributed by atoms with Gasteiger partial charge in [0.25, 0.3) is 5.91 Å². The Morgan fingerprint density at radius 2 is 1.67 bits per heavy atom. The first-order valence-electron chi connectivity index (χ1n) is 9.13. The lowest BCUT2D eigenvalue weighted by molar-refractivity contribution is -0.123. The van der Waals surface area contributed by atoms with Gasteiger partial charge in [-0.3, -0.25) is 9.59 Å². The van der Waals surface area contributed by atoms with Crippen molar-refractivity contribution < 1.29 is 23.8 Å². The molecule has 2 aromatic carbocycles. The summed E-state index contributed by atoms with van der Waals surface area (Å²) in [5.41, 5.74) is 4.51. The predicted octanol–water partition coefficient (Wildman–Crippen LogP) is 2.38. The monoisotopic (exact) mass is 411 g/mol. The maximum Gasteiger partial charge on any atom is 0.259 e. The van der Waals surface area contributed by atoms with Crippen LogP contribution in [0.2, 0.25) is 0 Å². The number of para-hydroxylation sites is 1. The minimum absolute atomic E-state index is 0.211. The van der Waals surface area contributed by atoms with E-state index < -0.39 is 11.8 Å². The zero-order valence-corrected chi connectivity index (χ0v) is 17.4. The summed E-state index contributed by atoms with van der Waals surface area (Å²) in [6.45, 7) is 1.54. The molecule has 0 aliphatic heterocycles. The number of methoxy groups -OCH3 is 3. The first-order chi connectivity index (χ1) is 14.5. The van der Waals surface area contributed by atoms with Gasteiger partial charge >= 0.3 is 0 Å². The van der Waals surface area contributed by atoms with Crippen molar-refractivity contribution in [2.45, 2.75) is 6.92 Å². The number of hydrogen-bond donors (Lipinski definition) is 2. The second-order valence-electron chi connectivity index (χ2n) is 6.10. The minimum Gasteiger partial charge on any atom is -0.496 e. The van der Waals surface area contributed by atoms with Crippen molar-refractivity contribution in [3.05, 3.63) is 59.7 Å². The molecule has 30 heavy (non-hydrogen) atoms. The topological polar surface area (TPSA) is 98.2 Å². The molecule has 8 heteroatoms. The molecule has 0 aliphatic carbocycles. The van der Waals surface area contributed by atoms with Gasteiger partial charge in [0, 0.05) is 17.2 Å². The normalized spacial score (nSPS) is 11.1. The molecule has 0 saturated heterocycles. The zero-order chi connectivity index (χ0) is 21.9. The predicted molar refractivity (Wildman–Crippen MR) is 115 cm³/mol. The lowest BCUT2D eigenvalue weighted by Gasteiger charge is -2.09. The van der Waals surface area contributed by atoms with Crippen LogP contribution in [-0.4, -0.2) is 45.4 Å². The number of ether oxygens (including phenoxy) is 3. The van der Waals surface area contributed by atoms with Crippen molar-refractivity contribution in [2.75, 3.05) is 27.9 Å². The lowest BCUT2D eigenvalue weighted by atomic mass is 10.1. The highest BCUT2D eigenvalue weighted by Crippen LogP contribution is 2.27. The number of nitrogens with one attached hydrogen (secondary N) is 2. The van der Waals surface area contributed by atoms with Crippen LogP contribution in [0, 0.1) is 0 Å². The van der Waals surface area contributed by atoms with E-state index in [0.29, 0.717) is 23.0 Å². The van der Waals surface area contributed by atoms with Gasteiger partial charge in [-0.15, -0.1) is 0 Å². The summed E-state index contributed by atoms with van der Waals surface area (Å²) in [5, 5.41) is 6.56. The number of amides is 2. The van der Waals surface area contributed by atoms with E-state index in [0.717, 1.165) is 11.1 Å². The van der Waals surface area contributed by atoms with E-state index in [1.54, 1.807) is 58.6 Å². The molecule has 2 aromatic rings. The van der Waals surface area contributed by atoms with Crippen molar-refractivity contribution in [1.29, 1.82) is 0 Å². The van der Waals surface area contributed by atoms with Crippen molar-refractivity contribution in [3.8, 4) is 17.2 Å². The van der Waals surface area contributed by atoms with E-state index in [9.17, 15) is 9.59 Å². The van der Waals surface area contributed by atoms with Gasteiger partial charge in [0.2, 0.25) is 5.91 Å². The van der Waals surface area contributed by atoms with Crippen molar-refractivity contribution in [2.24, 2.45) is 5.10 Å². The fourth-order valence-corrected chi connectivity index (χ4v) is 2.51. The van der Waals surface area contributed by atoms with Crippen LogP contribution in [0.1, 0.15) is 18.1 Å². The molecule has 0 aromatic heterocycles. The fraction of sp³-hybridized carbons (Fsp3) is 0.227. The van der Waals surface area contributed by atoms with Crippen LogP contribution < -0.4 is 25.0 Å². The van der Waals surface area contributed by atoms with Crippen LogP contribution in [0.3, 0.4) is 0 Å². The van der Waals surface area contributed by atoms with Crippen LogP contribution in [0.4, 0.5) is 0 Å². The quantitative estimate of drug-likeness (QED) is 0.375. The molecular weight excluding hydrogens is 386 g/mol. The van der Waals surface area contributed by atoms with Crippen molar-refractivity contribution in [1.82, 2.24) is 10.7 Å². The van der Waals surface area contributed by atoms with Crippen molar-refractivity contribution in [3.63, 3.8) is 0 Å². The highest BCUT2D eigenvalue weighted by Gasteiger charge is 2.08. The van der Waals surface area contributed by atoms with Crippen molar-refractivity contribution >= 4 is 23.6 Å². The third-order valence-corrected chi connectivity index (χ3v) is 4.13. The van der Waals surface area contributed by atoms with Crippen LogP contribution >= 0.6 is 0 Å². The SMILES string of the molecule is COc1ccccc1/C=C\C(=O)NCC(=O)NN=C(C)c1ccc(OC)c(OC)c1. The number of hydrogen-bond acceptors (Lipinski definition) is 6. The third-order valence-electron chi connectivity index (χ3n) is 4.13. The molecule has 8 nitrogen and oxygen atoms in total. The standard InChI is InChI=1S/C22H25N3O5/c1-15(17-9-11-19(29-3)20(13-17)30-4)24-25-22(27)14-23-21(26)12-10-16-7-5-6-8-18(16)28-2/h5-13H,14H2,1-4H3,(H,23,26)(H,25,27)/b12-10-,24-15?. The Bertz CT molecular complexity index is 954. The Hall–Kier alpha value is -3.81. The summed E-state index contributed by atoms with van der Waals surface area (Å²) in [6, 6.07) is 12.6. The summed E-state index contributed by atoms with van der Waals surface area (Å²) in [4.78, 5) is 23.9.